The van der Waals surface area contributed by atoms with Crippen molar-refractivity contribution in [3.8, 4) is 11.1 Å². The van der Waals surface area contributed by atoms with E-state index >= 15 is 0 Å². The summed E-state index contributed by atoms with van der Waals surface area (Å²) in [7, 11) is 0. The van der Waals surface area contributed by atoms with Crippen LogP contribution in [0.3, 0.4) is 0 Å². The van der Waals surface area contributed by atoms with Gasteiger partial charge in [0.05, 0.1) is 17.9 Å². The van der Waals surface area contributed by atoms with Crippen LogP contribution in [0.5, 0.6) is 0 Å². The summed E-state index contributed by atoms with van der Waals surface area (Å²) in [5.74, 6) is -1.34. The number of nitrogens with zero attached hydrogens (tertiary/aromatic N) is 1. The molecule has 6 heteroatoms. The van der Waals surface area contributed by atoms with Crippen molar-refractivity contribution in [3.05, 3.63) is 35.5 Å². The first-order valence-corrected chi connectivity index (χ1v) is 5.90. The van der Waals surface area contributed by atoms with Gasteiger partial charge in [-0.15, -0.1) is 0 Å². The van der Waals surface area contributed by atoms with Crippen LogP contribution in [0, 0.1) is 11.6 Å². The Morgan fingerprint density at radius 2 is 2.16 bits per heavy atom. The third kappa shape index (κ3) is 2.90. The van der Waals surface area contributed by atoms with Crippen molar-refractivity contribution in [3.63, 3.8) is 0 Å². The lowest BCUT2D eigenvalue weighted by Crippen LogP contribution is -2.00. The molecule has 4 nitrogen and oxygen atoms in total. The Labute approximate surface area is 109 Å². The zero-order valence-corrected chi connectivity index (χ0v) is 10.5. The molecule has 2 aromatic rings. The minimum Gasteiger partial charge on any atom is -0.381 e. The van der Waals surface area contributed by atoms with Gasteiger partial charge in [0.25, 0.3) is 0 Å². The minimum atomic E-state index is -0.701. The second-order valence-electron chi connectivity index (χ2n) is 3.94. The van der Waals surface area contributed by atoms with Crippen LogP contribution in [-0.2, 0) is 11.2 Å². The smallest absolute Gasteiger partial charge is 0.230 e. The second kappa shape index (κ2) is 5.79. The van der Waals surface area contributed by atoms with Crippen molar-refractivity contribution in [1.29, 1.82) is 0 Å². The highest BCUT2D eigenvalue weighted by atomic mass is 19.1. The van der Waals surface area contributed by atoms with E-state index in [1.807, 2.05) is 6.92 Å². The molecule has 0 aliphatic rings. The van der Waals surface area contributed by atoms with Crippen LogP contribution >= 0.6 is 0 Å². The molecule has 0 amide bonds. The Hall–Kier alpha value is -1.95. The zero-order valence-electron chi connectivity index (χ0n) is 10.5. The first kappa shape index (κ1) is 13.5. The molecule has 0 radical (unpaired) electrons. The first-order chi connectivity index (χ1) is 9.13. The molecule has 0 bridgehead atoms. The molecule has 19 heavy (non-hydrogen) atoms. The highest BCUT2D eigenvalue weighted by Crippen LogP contribution is 2.32. The molecule has 0 unspecified atom stereocenters. The number of nitrogens with two attached hydrogens (primary N) is 1. The number of aromatic nitrogens is 1. The largest absolute Gasteiger partial charge is 0.381 e. The van der Waals surface area contributed by atoms with E-state index in [0.717, 1.165) is 12.1 Å². The number of hydrogen-bond acceptors (Lipinski definition) is 4. The zero-order chi connectivity index (χ0) is 13.8. The fraction of sp³-hybridized carbons (Fsp3) is 0.308. The summed E-state index contributed by atoms with van der Waals surface area (Å²) < 4.78 is 36.8. The topological polar surface area (TPSA) is 61.3 Å². The van der Waals surface area contributed by atoms with E-state index in [2.05, 4.69) is 5.16 Å². The van der Waals surface area contributed by atoms with E-state index < -0.39 is 11.6 Å². The van der Waals surface area contributed by atoms with E-state index in [1.54, 1.807) is 0 Å². The van der Waals surface area contributed by atoms with Crippen molar-refractivity contribution in [2.24, 2.45) is 0 Å². The molecule has 0 atom stereocenters. The van der Waals surface area contributed by atoms with Crippen molar-refractivity contribution >= 4 is 5.88 Å². The molecule has 0 saturated carbocycles. The summed E-state index contributed by atoms with van der Waals surface area (Å²) in [6.45, 7) is 2.88. The summed E-state index contributed by atoms with van der Waals surface area (Å²) in [4.78, 5) is 0. The number of anilines is 1. The highest BCUT2D eigenvalue weighted by molar-refractivity contribution is 5.75. The van der Waals surface area contributed by atoms with Crippen LogP contribution in [-0.4, -0.2) is 18.4 Å². The van der Waals surface area contributed by atoms with Crippen LogP contribution in [0.2, 0.25) is 0 Å². The van der Waals surface area contributed by atoms with E-state index in [1.165, 1.54) is 6.07 Å². The lowest BCUT2D eigenvalue weighted by atomic mass is 10.0. The molecule has 2 N–H and O–H groups in total. The summed E-state index contributed by atoms with van der Waals surface area (Å²) in [5, 5.41) is 3.79. The molecule has 1 heterocycles. The van der Waals surface area contributed by atoms with E-state index in [-0.39, 0.29) is 11.4 Å². The van der Waals surface area contributed by atoms with Gasteiger partial charge in [-0.3, -0.25) is 0 Å². The fourth-order valence-electron chi connectivity index (χ4n) is 1.80. The number of halogens is 2. The van der Waals surface area contributed by atoms with Gasteiger partial charge < -0.3 is 15.0 Å². The molecule has 2 rings (SSSR count). The van der Waals surface area contributed by atoms with Gasteiger partial charge >= 0.3 is 0 Å². The second-order valence-corrected chi connectivity index (χ2v) is 3.94. The first-order valence-electron chi connectivity index (χ1n) is 5.90. The van der Waals surface area contributed by atoms with Crippen LogP contribution < -0.4 is 5.73 Å². The van der Waals surface area contributed by atoms with Gasteiger partial charge in [0.1, 0.15) is 11.6 Å². The Balaban J connectivity index is 2.35. The number of hydrogen-bond donors (Lipinski definition) is 1. The van der Waals surface area contributed by atoms with Gasteiger partial charge in [0.15, 0.2) is 0 Å². The van der Waals surface area contributed by atoms with E-state index in [9.17, 15) is 8.78 Å². The molecule has 102 valence electrons. The van der Waals surface area contributed by atoms with Crippen LogP contribution in [0.15, 0.2) is 22.7 Å². The van der Waals surface area contributed by atoms with E-state index in [4.69, 9.17) is 15.0 Å². The fourth-order valence-corrected chi connectivity index (χ4v) is 1.80. The van der Waals surface area contributed by atoms with Crippen LogP contribution in [0.1, 0.15) is 12.6 Å². The Morgan fingerprint density at radius 3 is 2.84 bits per heavy atom. The number of rotatable bonds is 5. The molecule has 1 aromatic carbocycles. The Morgan fingerprint density at radius 1 is 1.37 bits per heavy atom. The predicted molar refractivity (Wildman–Crippen MR) is 66.5 cm³/mol. The van der Waals surface area contributed by atoms with Gasteiger partial charge in [-0.1, -0.05) is 5.16 Å². The average molecular weight is 268 g/mol. The minimum absolute atomic E-state index is 0.0111. The molecule has 0 aliphatic carbocycles. The highest BCUT2D eigenvalue weighted by Gasteiger charge is 2.19. The van der Waals surface area contributed by atoms with Crippen molar-refractivity contribution < 1.29 is 18.0 Å². The average Bonchev–Trinajstić information content (AvgIpc) is 2.72. The summed E-state index contributed by atoms with van der Waals surface area (Å²) >= 11 is 0. The molecule has 0 saturated heterocycles. The van der Waals surface area contributed by atoms with Crippen LogP contribution in [0.25, 0.3) is 11.1 Å². The molecular formula is C13H14F2N2O2. The maximum Gasteiger partial charge on any atom is 0.230 e. The molecule has 0 fully saturated rings. The van der Waals surface area contributed by atoms with Crippen LogP contribution in [0.4, 0.5) is 14.7 Å². The predicted octanol–water partition coefficient (Wildman–Crippen LogP) is 2.78. The Kier molecular flexibility index (Phi) is 4.11. The van der Waals surface area contributed by atoms with Gasteiger partial charge in [-0.2, -0.15) is 0 Å². The van der Waals surface area contributed by atoms with E-state index in [0.29, 0.717) is 30.9 Å². The van der Waals surface area contributed by atoms with Crippen molar-refractivity contribution in [1.82, 2.24) is 5.16 Å². The maximum absolute atomic E-state index is 13.8. The summed E-state index contributed by atoms with van der Waals surface area (Å²) in [6, 6.07) is 3.28. The van der Waals surface area contributed by atoms with Crippen molar-refractivity contribution in [2.45, 2.75) is 13.3 Å². The number of nitrogen functional groups attached to an aromatic ring is 1. The number of benzene rings is 1. The molecule has 1 aromatic heterocycles. The van der Waals surface area contributed by atoms with Crippen molar-refractivity contribution in [2.75, 3.05) is 18.9 Å². The summed E-state index contributed by atoms with van der Waals surface area (Å²) in [5.41, 5.74) is 6.68. The quantitative estimate of drug-likeness (QED) is 0.847. The summed E-state index contributed by atoms with van der Waals surface area (Å²) in [6.07, 6.45) is 0.445. The maximum atomic E-state index is 13.8. The lowest BCUT2D eigenvalue weighted by Gasteiger charge is -2.04. The monoisotopic (exact) mass is 268 g/mol. The lowest BCUT2D eigenvalue weighted by molar-refractivity contribution is 0.149. The third-order valence-corrected chi connectivity index (χ3v) is 2.68. The molecule has 0 aliphatic heterocycles. The molecular weight excluding hydrogens is 254 g/mol. The normalized spacial score (nSPS) is 10.9. The van der Waals surface area contributed by atoms with Gasteiger partial charge in [0.2, 0.25) is 5.88 Å². The SMILES string of the molecule is CCOCCc1noc(N)c1-c1ccc(F)cc1F. The van der Waals surface area contributed by atoms with Gasteiger partial charge in [-0.25, -0.2) is 8.78 Å². The third-order valence-electron chi connectivity index (χ3n) is 2.68. The Bertz CT molecular complexity index is 570. The van der Waals surface area contributed by atoms with Gasteiger partial charge in [0, 0.05) is 24.7 Å². The number of ether oxygens (including phenoxy) is 1. The molecule has 0 spiro atoms. The van der Waals surface area contributed by atoms with Gasteiger partial charge in [-0.05, 0) is 19.1 Å². The standard InChI is InChI=1S/C13H14F2N2O2/c1-2-18-6-5-11-12(13(16)19-17-11)9-4-3-8(14)7-10(9)15/h3-4,7H,2,5-6,16H2,1H3.